The van der Waals surface area contributed by atoms with Gasteiger partial charge in [-0.1, -0.05) is 24.3 Å². The van der Waals surface area contributed by atoms with Crippen LogP contribution in [0.25, 0.3) is 0 Å². The van der Waals surface area contributed by atoms with E-state index >= 15 is 0 Å². The van der Waals surface area contributed by atoms with Crippen LogP contribution < -0.4 is 5.32 Å². The van der Waals surface area contributed by atoms with Crippen molar-refractivity contribution in [2.75, 3.05) is 13.1 Å². The van der Waals surface area contributed by atoms with Crippen LogP contribution in [-0.4, -0.2) is 41.0 Å². The fourth-order valence-corrected chi connectivity index (χ4v) is 3.18. The summed E-state index contributed by atoms with van der Waals surface area (Å²) < 4.78 is 0. The van der Waals surface area contributed by atoms with Crippen LogP contribution in [0.5, 0.6) is 0 Å². The van der Waals surface area contributed by atoms with E-state index < -0.39 is 18.1 Å². The Kier molecular flexibility index (Phi) is 3.44. The van der Waals surface area contributed by atoms with Gasteiger partial charge in [0, 0.05) is 13.1 Å². The molecule has 1 saturated heterocycles. The van der Waals surface area contributed by atoms with Crippen molar-refractivity contribution in [3.05, 3.63) is 35.4 Å². The molecule has 0 spiro atoms. The number of rotatable bonds is 2. The summed E-state index contributed by atoms with van der Waals surface area (Å²) in [5.74, 6) is -1.01. The molecule has 0 saturated carbocycles. The first-order valence-corrected chi connectivity index (χ1v) is 7.03. The van der Waals surface area contributed by atoms with E-state index in [-0.39, 0.29) is 5.91 Å². The maximum absolute atomic E-state index is 12.7. The molecular formula is C15H18N2O3. The Morgan fingerprint density at radius 2 is 2.10 bits per heavy atom. The van der Waals surface area contributed by atoms with Crippen LogP contribution in [-0.2, 0) is 16.0 Å². The van der Waals surface area contributed by atoms with Crippen LogP contribution in [0, 0.1) is 0 Å². The zero-order chi connectivity index (χ0) is 14.1. The number of carbonyl (C=O) groups excluding carboxylic acids is 1. The van der Waals surface area contributed by atoms with Gasteiger partial charge in [-0.25, -0.2) is 4.79 Å². The maximum Gasteiger partial charge on any atom is 0.326 e. The van der Waals surface area contributed by atoms with Gasteiger partial charge in [0.2, 0.25) is 5.91 Å². The van der Waals surface area contributed by atoms with Gasteiger partial charge in [-0.05, 0) is 30.4 Å². The molecule has 1 unspecified atom stereocenters. The summed E-state index contributed by atoms with van der Waals surface area (Å²) in [5.41, 5.74) is 2.16. The highest BCUT2D eigenvalue weighted by Gasteiger charge is 2.38. The second-order valence-electron chi connectivity index (χ2n) is 5.36. The maximum atomic E-state index is 12.7. The lowest BCUT2D eigenvalue weighted by Crippen LogP contribution is -2.47. The molecule has 20 heavy (non-hydrogen) atoms. The predicted molar refractivity (Wildman–Crippen MR) is 73.3 cm³/mol. The average Bonchev–Trinajstić information content (AvgIpc) is 2.95. The Hall–Kier alpha value is -1.88. The van der Waals surface area contributed by atoms with E-state index in [4.69, 9.17) is 0 Å². The molecule has 2 aliphatic heterocycles. The van der Waals surface area contributed by atoms with Crippen molar-refractivity contribution in [1.82, 2.24) is 10.2 Å². The molecule has 1 amide bonds. The van der Waals surface area contributed by atoms with Gasteiger partial charge in [-0.2, -0.15) is 0 Å². The first kappa shape index (κ1) is 13.1. The molecule has 0 radical (unpaired) electrons. The predicted octanol–water partition coefficient (Wildman–Crippen LogP) is 0.949. The van der Waals surface area contributed by atoms with E-state index in [2.05, 4.69) is 5.32 Å². The van der Waals surface area contributed by atoms with Gasteiger partial charge < -0.3 is 15.3 Å². The molecule has 1 fully saturated rings. The largest absolute Gasteiger partial charge is 0.480 e. The van der Waals surface area contributed by atoms with Crippen LogP contribution in [0.1, 0.15) is 30.0 Å². The molecule has 2 aliphatic rings. The zero-order valence-corrected chi connectivity index (χ0v) is 11.2. The van der Waals surface area contributed by atoms with Gasteiger partial charge >= 0.3 is 5.97 Å². The molecule has 0 aromatic heterocycles. The highest BCUT2D eigenvalue weighted by Crippen LogP contribution is 2.27. The Bertz CT molecular complexity index is 544. The molecule has 0 aliphatic carbocycles. The number of amides is 1. The highest BCUT2D eigenvalue weighted by molar-refractivity contribution is 5.88. The van der Waals surface area contributed by atoms with E-state index in [0.29, 0.717) is 13.0 Å². The number of carbonyl (C=O) groups is 2. The van der Waals surface area contributed by atoms with Crippen LogP contribution in [0.3, 0.4) is 0 Å². The summed E-state index contributed by atoms with van der Waals surface area (Å²) >= 11 is 0. The minimum atomic E-state index is -0.903. The van der Waals surface area contributed by atoms with E-state index in [9.17, 15) is 14.7 Å². The minimum Gasteiger partial charge on any atom is -0.480 e. The van der Waals surface area contributed by atoms with Crippen molar-refractivity contribution in [2.45, 2.75) is 31.3 Å². The smallest absolute Gasteiger partial charge is 0.326 e. The lowest BCUT2D eigenvalue weighted by atomic mass is 9.93. The molecule has 2 N–H and O–H groups in total. The fourth-order valence-electron chi connectivity index (χ4n) is 3.18. The van der Waals surface area contributed by atoms with Crippen molar-refractivity contribution in [1.29, 1.82) is 0 Å². The number of nitrogens with one attached hydrogen (secondary N) is 1. The third kappa shape index (κ3) is 2.18. The second-order valence-corrected chi connectivity index (χ2v) is 5.36. The molecule has 106 valence electrons. The third-order valence-electron chi connectivity index (χ3n) is 4.18. The molecule has 2 heterocycles. The van der Waals surface area contributed by atoms with Crippen LogP contribution >= 0.6 is 0 Å². The standard InChI is InChI=1S/C15H18N2O3/c18-14(17-9-3-6-12(17)15(19)20)13-11-5-2-1-4-10(11)7-8-16-13/h1-2,4-5,12-13,16H,3,6-9H2,(H,19,20)/t12-,13?/m0/s1. The number of likely N-dealkylation sites (tertiary alicyclic amines) is 1. The van der Waals surface area contributed by atoms with Crippen molar-refractivity contribution >= 4 is 11.9 Å². The minimum absolute atomic E-state index is 0.109. The number of nitrogens with zero attached hydrogens (tertiary/aromatic N) is 1. The second kappa shape index (κ2) is 5.25. The normalized spacial score (nSPS) is 25.3. The molecule has 1 aromatic carbocycles. The number of carboxylic acid groups (broad SMARTS) is 1. The number of benzene rings is 1. The van der Waals surface area contributed by atoms with Gasteiger partial charge in [0.25, 0.3) is 0 Å². The topological polar surface area (TPSA) is 69.6 Å². The van der Waals surface area contributed by atoms with Crippen molar-refractivity contribution in [2.24, 2.45) is 0 Å². The lowest BCUT2D eigenvalue weighted by Gasteiger charge is -2.31. The molecule has 1 aromatic rings. The number of fused-ring (bicyclic) bond motifs is 1. The number of hydrogen-bond donors (Lipinski definition) is 2. The monoisotopic (exact) mass is 274 g/mol. The Labute approximate surface area is 117 Å². The Morgan fingerprint density at radius 3 is 2.90 bits per heavy atom. The van der Waals surface area contributed by atoms with Crippen molar-refractivity contribution in [3.63, 3.8) is 0 Å². The Morgan fingerprint density at radius 1 is 1.30 bits per heavy atom. The van der Waals surface area contributed by atoms with Gasteiger partial charge in [-0.15, -0.1) is 0 Å². The molecule has 5 heteroatoms. The van der Waals surface area contributed by atoms with Crippen LogP contribution in [0.4, 0.5) is 0 Å². The fraction of sp³-hybridized carbons (Fsp3) is 0.467. The van der Waals surface area contributed by atoms with Crippen molar-refractivity contribution < 1.29 is 14.7 Å². The first-order chi connectivity index (χ1) is 9.68. The van der Waals surface area contributed by atoms with E-state index in [1.165, 1.54) is 10.5 Å². The van der Waals surface area contributed by atoms with E-state index in [1.54, 1.807) is 0 Å². The Balaban J connectivity index is 1.87. The molecule has 5 nitrogen and oxygen atoms in total. The van der Waals surface area contributed by atoms with Crippen molar-refractivity contribution in [3.8, 4) is 0 Å². The summed E-state index contributed by atoms with van der Waals surface area (Å²) in [5, 5.41) is 12.4. The van der Waals surface area contributed by atoms with E-state index in [1.807, 2.05) is 24.3 Å². The quantitative estimate of drug-likeness (QED) is 0.842. The molecular weight excluding hydrogens is 256 g/mol. The van der Waals surface area contributed by atoms with Gasteiger partial charge in [-0.3, -0.25) is 4.79 Å². The summed E-state index contributed by atoms with van der Waals surface area (Å²) in [7, 11) is 0. The number of aliphatic carboxylic acids is 1. The third-order valence-corrected chi connectivity index (χ3v) is 4.18. The van der Waals surface area contributed by atoms with Gasteiger partial charge in [0.1, 0.15) is 12.1 Å². The molecule has 0 bridgehead atoms. The zero-order valence-electron chi connectivity index (χ0n) is 11.2. The molecule has 2 atom stereocenters. The number of carboxylic acids is 1. The summed E-state index contributed by atoms with van der Waals surface area (Å²) in [4.78, 5) is 25.4. The summed E-state index contributed by atoms with van der Waals surface area (Å²) in [6, 6.07) is 6.82. The average molecular weight is 274 g/mol. The van der Waals surface area contributed by atoms with E-state index in [0.717, 1.165) is 24.9 Å². The number of hydrogen-bond acceptors (Lipinski definition) is 3. The first-order valence-electron chi connectivity index (χ1n) is 7.03. The van der Waals surface area contributed by atoms with Crippen LogP contribution in [0.2, 0.25) is 0 Å². The molecule has 3 rings (SSSR count). The van der Waals surface area contributed by atoms with Gasteiger partial charge in [0.15, 0.2) is 0 Å². The summed E-state index contributed by atoms with van der Waals surface area (Å²) in [6.07, 6.45) is 2.22. The summed E-state index contributed by atoms with van der Waals surface area (Å²) in [6.45, 7) is 1.29. The SMILES string of the molecule is O=C(O)[C@@H]1CCCN1C(=O)C1NCCc2ccccc21. The lowest BCUT2D eigenvalue weighted by molar-refractivity contribution is -0.149. The van der Waals surface area contributed by atoms with Crippen LogP contribution in [0.15, 0.2) is 24.3 Å². The highest BCUT2D eigenvalue weighted by atomic mass is 16.4. The van der Waals surface area contributed by atoms with Gasteiger partial charge in [0.05, 0.1) is 0 Å².